The highest BCUT2D eigenvalue weighted by Gasteiger charge is 2.07. The lowest BCUT2D eigenvalue weighted by Gasteiger charge is -2.15. The van der Waals surface area contributed by atoms with Crippen LogP contribution in [0.1, 0.15) is 37.6 Å². The Morgan fingerprint density at radius 1 is 1.29 bits per heavy atom. The van der Waals surface area contributed by atoms with Gasteiger partial charge in [0.15, 0.2) is 5.96 Å². The van der Waals surface area contributed by atoms with Crippen LogP contribution in [0.25, 0.3) is 0 Å². The van der Waals surface area contributed by atoms with E-state index in [1.54, 1.807) is 6.20 Å². The van der Waals surface area contributed by atoms with Gasteiger partial charge in [-0.05, 0) is 45.4 Å². The Balaban J connectivity index is 2.07. The van der Waals surface area contributed by atoms with E-state index in [4.69, 9.17) is 4.74 Å². The van der Waals surface area contributed by atoms with Crippen molar-refractivity contribution in [3.05, 3.63) is 47.3 Å². The Morgan fingerprint density at radius 2 is 2.12 bits per heavy atom. The Labute approximate surface area is 143 Å². The summed E-state index contributed by atoms with van der Waals surface area (Å²) in [6, 6.07) is 8.17. The normalized spacial score (nSPS) is 11.6. The van der Waals surface area contributed by atoms with Gasteiger partial charge in [-0.3, -0.25) is 5.10 Å². The summed E-state index contributed by atoms with van der Waals surface area (Å²) in [5.74, 6) is 1.67. The number of aryl methyl sites for hydroxylation is 1. The molecule has 6 nitrogen and oxygen atoms in total. The average Bonchev–Trinajstić information content (AvgIpc) is 3.04. The fourth-order valence-corrected chi connectivity index (χ4v) is 2.22. The Morgan fingerprint density at radius 3 is 2.79 bits per heavy atom. The minimum Gasteiger partial charge on any atom is -0.491 e. The Bertz CT molecular complexity index is 649. The van der Waals surface area contributed by atoms with Crippen molar-refractivity contribution in [1.29, 1.82) is 0 Å². The average molecular weight is 329 g/mol. The predicted octanol–water partition coefficient (Wildman–Crippen LogP) is 2.76. The number of benzene rings is 1. The second-order valence-corrected chi connectivity index (χ2v) is 5.91. The topological polar surface area (TPSA) is 74.3 Å². The van der Waals surface area contributed by atoms with Crippen LogP contribution in [0.5, 0.6) is 5.75 Å². The summed E-state index contributed by atoms with van der Waals surface area (Å²) < 4.78 is 5.91. The zero-order chi connectivity index (χ0) is 17.4. The first-order chi connectivity index (χ1) is 11.6. The van der Waals surface area contributed by atoms with E-state index < -0.39 is 0 Å². The number of nitrogens with one attached hydrogen (secondary N) is 3. The molecular weight excluding hydrogens is 302 g/mol. The number of aromatic nitrogens is 2. The maximum Gasteiger partial charge on any atom is 0.191 e. The van der Waals surface area contributed by atoms with E-state index in [1.165, 1.54) is 5.56 Å². The van der Waals surface area contributed by atoms with Gasteiger partial charge < -0.3 is 15.4 Å². The third kappa shape index (κ3) is 5.61. The lowest BCUT2D eigenvalue weighted by atomic mass is 10.1. The third-order valence-electron chi connectivity index (χ3n) is 3.34. The van der Waals surface area contributed by atoms with Gasteiger partial charge in [0.1, 0.15) is 5.75 Å². The number of nitrogens with zero attached hydrogens (tertiary/aromatic N) is 2. The lowest BCUT2D eigenvalue weighted by Crippen LogP contribution is -2.36. The monoisotopic (exact) mass is 329 g/mol. The summed E-state index contributed by atoms with van der Waals surface area (Å²) in [6.45, 7) is 10.2. The molecule has 0 fully saturated rings. The number of aliphatic imine (C=N–C) groups is 1. The number of H-pyrrole nitrogens is 1. The zero-order valence-corrected chi connectivity index (χ0v) is 14.9. The van der Waals surface area contributed by atoms with E-state index in [-0.39, 0.29) is 6.10 Å². The quantitative estimate of drug-likeness (QED) is 0.539. The molecular formula is C18H27N5O. The maximum absolute atomic E-state index is 5.91. The summed E-state index contributed by atoms with van der Waals surface area (Å²) in [7, 11) is 0. The number of hydrogen-bond acceptors (Lipinski definition) is 3. The van der Waals surface area contributed by atoms with E-state index in [0.717, 1.165) is 29.5 Å². The van der Waals surface area contributed by atoms with Gasteiger partial charge in [0.05, 0.1) is 24.9 Å². The van der Waals surface area contributed by atoms with Gasteiger partial charge in [0.2, 0.25) is 0 Å². The van der Waals surface area contributed by atoms with Gasteiger partial charge in [0, 0.05) is 18.3 Å². The molecule has 0 unspecified atom stereocenters. The molecule has 1 aromatic carbocycles. The fourth-order valence-electron chi connectivity index (χ4n) is 2.22. The zero-order valence-electron chi connectivity index (χ0n) is 14.9. The molecule has 0 radical (unpaired) electrons. The van der Waals surface area contributed by atoms with E-state index in [9.17, 15) is 0 Å². The highest BCUT2D eigenvalue weighted by molar-refractivity contribution is 5.79. The van der Waals surface area contributed by atoms with Gasteiger partial charge in [-0.25, -0.2) is 4.99 Å². The Kier molecular flexibility index (Phi) is 6.66. The van der Waals surface area contributed by atoms with Gasteiger partial charge >= 0.3 is 0 Å². The molecule has 0 saturated carbocycles. The number of aromatic amines is 1. The first kappa shape index (κ1) is 17.8. The highest BCUT2D eigenvalue weighted by atomic mass is 16.5. The van der Waals surface area contributed by atoms with Crippen LogP contribution in [0.3, 0.4) is 0 Å². The van der Waals surface area contributed by atoms with Crippen LogP contribution in [-0.2, 0) is 13.1 Å². The van der Waals surface area contributed by atoms with Crippen LogP contribution >= 0.6 is 0 Å². The van der Waals surface area contributed by atoms with Gasteiger partial charge in [-0.15, -0.1) is 0 Å². The molecule has 0 bridgehead atoms. The standard InChI is InChI=1S/C18H27N5O/c1-5-19-18(21-12-16-8-9-22-23-16)20-11-15-7-6-14(4)10-17(15)24-13(2)3/h6-10,13H,5,11-12H2,1-4H3,(H,22,23)(H2,19,20,21). The van der Waals surface area contributed by atoms with Crippen molar-refractivity contribution in [2.75, 3.05) is 6.54 Å². The van der Waals surface area contributed by atoms with Crippen molar-refractivity contribution in [1.82, 2.24) is 20.8 Å². The van der Waals surface area contributed by atoms with E-state index >= 15 is 0 Å². The minimum atomic E-state index is 0.140. The van der Waals surface area contributed by atoms with Crippen molar-refractivity contribution in [2.45, 2.75) is 46.9 Å². The van der Waals surface area contributed by atoms with Crippen LogP contribution in [0, 0.1) is 6.92 Å². The second kappa shape index (κ2) is 8.96. The van der Waals surface area contributed by atoms with E-state index in [0.29, 0.717) is 13.1 Å². The summed E-state index contributed by atoms with van der Waals surface area (Å²) in [4.78, 5) is 4.66. The third-order valence-corrected chi connectivity index (χ3v) is 3.34. The molecule has 0 spiro atoms. The van der Waals surface area contributed by atoms with Gasteiger partial charge in [0.25, 0.3) is 0 Å². The van der Waals surface area contributed by atoms with E-state index in [2.05, 4.69) is 50.9 Å². The summed E-state index contributed by atoms with van der Waals surface area (Å²) in [6.07, 6.45) is 1.88. The smallest absolute Gasteiger partial charge is 0.191 e. The van der Waals surface area contributed by atoms with Gasteiger partial charge in [-0.1, -0.05) is 12.1 Å². The van der Waals surface area contributed by atoms with Crippen molar-refractivity contribution in [3.8, 4) is 5.75 Å². The number of guanidine groups is 1. The van der Waals surface area contributed by atoms with Crippen molar-refractivity contribution >= 4 is 5.96 Å². The second-order valence-electron chi connectivity index (χ2n) is 5.91. The molecule has 3 N–H and O–H groups in total. The summed E-state index contributed by atoms with van der Waals surface area (Å²) >= 11 is 0. The highest BCUT2D eigenvalue weighted by Crippen LogP contribution is 2.22. The molecule has 1 heterocycles. The van der Waals surface area contributed by atoms with Gasteiger partial charge in [-0.2, -0.15) is 5.10 Å². The van der Waals surface area contributed by atoms with Crippen LogP contribution in [0.15, 0.2) is 35.5 Å². The molecule has 0 atom stereocenters. The largest absolute Gasteiger partial charge is 0.491 e. The van der Waals surface area contributed by atoms with Crippen molar-refractivity contribution in [2.24, 2.45) is 4.99 Å². The fraction of sp³-hybridized carbons (Fsp3) is 0.444. The van der Waals surface area contributed by atoms with Crippen LogP contribution in [0.2, 0.25) is 0 Å². The van der Waals surface area contributed by atoms with Crippen LogP contribution in [-0.4, -0.2) is 28.8 Å². The first-order valence-electron chi connectivity index (χ1n) is 8.35. The first-order valence-corrected chi connectivity index (χ1v) is 8.35. The molecule has 0 aliphatic carbocycles. The van der Waals surface area contributed by atoms with Crippen molar-refractivity contribution < 1.29 is 4.74 Å². The molecule has 24 heavy (non-hydrogen) atoms. The number of hydrogen-bond donors (Lipinski definition) is 3. The lowest BCUT2D eigenvalue weighted by molar-refractivity contribution is 0.240. The predicted molar refractivity (Wildman–Crippen MR) is 97.2 cm³/mol. The number of rotatable bonds is 7. The summed E-state index contributed by atoms with van der Waals surface area (Å²) in [5, 5.41) is 13.4. The molecule has 1 aromatic heterocycles. The van der Waals surface area contributed by atoms with Crippen LogP contribution < -0.4 is 15.4 Å². The number of ether oxygens (including phenoxy) is 1. The molecule has 6 heteroatoms. The molecule has 0 amide bonds. The summed E-state index contributed by atoms with van der Waals surface area (Å²) in [5.41, 5.74) is 3.27. The van der Waals surface area contributed by atoms with Crippen LogP contribution in [0.4, 0.5) is 0 Å². The molecule has 0 aliphatic rings. The molecule has 0 aliphatic heterocycles. The molecule has 130 valence electrons. The molecule has 2 aromatic rings. The molecule has 0 saturated heterocycles. The Hall–Kier alpha value is -2.50. The SMILES string of the molecule is CCNC(=NCc1ccc(C)cc1OC(C)C)NCc1ccn[nH]1. The van der Waals surface area contributed by atoms with Crippen molar-refractivity contribution in [3.63, 3.8) is 0 Å². The minimum absolute atomic E-state index is 0.140. The van der Waals surface area contributed by atoms with E-state index in [1.807, 2.05) is 26.8 Å². The molecule has 2 rings (SSSR count). The maximum atomic E-state index is 5.91.